The summed E-state index contributed by atoms with van der Waals surface area (Å²) in [6.07, 6.45) is 1.86. The zero-order chi connectivity index (χ0) is 18.4. The fraction of sp³-hybridized carbons (Fsp3) is 0.412. The molecular formula is C17H21N3O4S. The Balaban J connectivity index is 2.13. The van der Waals surface area contributed by atoms with Crippen LogP contribution in [0.4, 0.5) is 5.69 Å². The van der Waals surface area contributed by atoms with E-state index >= 15 is 0 Å². The number of hydrogen-bond acceptors (Lipinski definition) is 5. The van der Waals surface area contributed by atoms with Gasteiger partial charge < -0.3 is 9.64 Å². The van der Waals surface area contributed by atoms with Gasteiger partial charge in [0.15, 0.2) is 0 Å². The second-order valence-electron chi connectivity index (χ2n) is 6.14. The summed E-state index contributed by atoms with van der Waals surface area (Å²) in [7, 11) is -3.80. The molecular weight excluding hydrogens is 342 g/mol. The first-order valence-corrected chi connectivity index (χ1v) is 9.57. The van der Waals surface area contributed by atoms with Gasteiger partial charge in [-0.1, -0.05) is 6.92 Å². The van der Waals surface area contributed by atoms with Crippen molar-refractivity contribution in [1.82, 2.24) is 8.96 Å². The molecule has 3 rings (SSSR count). The molecule has 2 heterocycles. The average molecular weight is 363 g/mol. The normalized spacial score (nSPS) is 17.1. The van der Waals surface area contributed by atoms with Gasteiger partial charge in [0.2, 0.25) is 5.91 Å². The van der Waals surface area contributed by atoms with Gasteiger partial charge >= 0.3 is 0 Å². The van der Waals surface area contributed by atoms with Gasteiger partial charge in [-0.15, -0.1) is 0 Å². The number of nitrogens with zero attached hydrogens (tertiary/aromatic N) is 3. The van der Waals surface area contributed by atoms with Crippen molar-refractivity contribution in [3.8, 4) is 5.75 Å². The number of carbonyl (C=O) groups is 1. The van der Waals surface area contributed by atoms with E-state index in [1.807, 2.05) is 13.8 Å². The molecule has 1 aromatic carbocycles. The van der Waals surface area contributed by atoms with E-state index in [1.54, 1.807) is 17.9 Å². The lowest BCUT2D eigenvalue weighted by Gasteiger charge is -2.33. The van der Waals surface area contributed by atoms with Crippen LogP contribution >= 0.6 is 0 Å². The molecule has 0 spiro atoms. The fourth-order valence-electron chi connectivity index (χ4n) is 2.96. The molecule has 0 unspecified atom stereocenters. The predicted molar refractivity (Wildman–Crippen MR) is 93.5 cm³/mol. The highest BCUT2D eigenvalue weighted by molar-refractivity contribution is 7.90. The van der Waals surface area contributed by atoms with E-state index in [0.29, 0.717) is 35.9 Å². The third kappa shape index (κ3) is 3.02. The van der Waals surface area contributed by atoms with Crippen molar-refractivity contribution < 1.29 is 17.9 Å². The maximum absolute atomic E-state index is 13.0. The van der Waals surface area contributed by atoms with Crippen molar-refractivity contribution in [3.05, 3.63) is 35.9 Å². The molecule has 1 amide bonds. The van der Waals surface area contributed by atoms with Gasteiger partial charge in [0.05, 0.1) is 22.8 Å². The molecule has 0 fully saturated rings. The number of fused-ring (bicyclic) bond motifs is 1. The van der Waals surface area contributed by atoms with Crippen LogP contribution in [0.5, 0.6) is 5.75 Å². The van der Waals surface area contributed by atoms with E-state index in [-0.39, 0.29) is 16.9 Å². The van der Waals surface area contributed by atoms with Gasteiger partial charge in [-0.25, -0.2) is 17.4 Å². The highest BCUT2D eigenvalue weighted by Crippen LogP contribution is 2.36. The zero-order valence-electron chi connectivity index (χ0n) is 14.7. The minimum atomic E-state index is -3.80. The Morgan fingerprint density at radius 3 is 2.76 bits per heavy atom. The smallest absolute Gasteiger partial charge is 0.269 e. The maximum Gasteiger partial charge on any atom is 0.269 e. The fourth-order valence-corrected chi connectivity index (χ4v) is 4.42. The van der Waals surface area contributed by atoms with Crippen molar-refractivity contribution in [3.63, 3.8) is 0 Å². The number of ether oxygens (including phenoxy) is 1. The van der Waals surface area contributed by atoms with Crippen LogP contribution < -0.4 is 9.64 Å². The third-order valence-corrected chi connectivity index (χ3v) is 5.79. The highest BCUT2D eigenvalue weighted by Gasteiger charge is 2.29. The van der Waals surface area contributed by atoms with Gasteiger partial charge in [-0.2, -0.15) is 0 Å². The van der Waals surface area contributed by atoms with E-state index < -0.39 is 10.0 Å². The monoisotopic (exact) mass is 363 g/mol. The van der Waals surface area contributed by atoms with Crippen LogP contribution in [0.1, 0.15) is 32.3 Å². The SMILES string of the molecule is CCc1nc(C)cn1S(=O)(=O)c1ccc2c(c1)N(C(C)=O)C[C@@H](C)O2. The van der Waals surface area contributed by atoms with Crippen molar-refractivity contribution in [2.45, 2.75) is 45.1 Å². The van der Waals surface area contributed by atoms with Crippen LogP contribution in [-0.4, -0.2) is 35.9 Å². The number of hydrogen-bond donors (Lipinski definition) is 0. The number of aryl methyl sites for hydroxylation is 2. The van der Waals surface area contributed by atoms with Crippen LogP contribution in [0.2, 0.25) is 0 Å². The molecule has 0 aliphatic carbocycles. The molecule has 1 aliphatic heterocycles. The minimum Gasteiger partial charge on any atom is -0.487 e. The largest absolute Gasteiger partial charge is 0.487 e. The first-order chi connectivity index (χ1) is 11.7. The molecule has 25 heavy (non-hydrogen) atoms. The summed E-state index contributed by atoms with van der Waals surface area (Å²) in [6.45, 7) is 7.32. The summed E-state index contributed by atoms with van der Waals surface area (Å²) in [6, 6.07) is 4.59. The van der Waals surface area contributed by atoms with Crippen molar-refractivity contribution in [1.29, 1.82) is 0 Å². The molecule has 0 bridgehead atoms. The summed E-state index contributed by atoms with van der Waals surface area (Å²) < 4.78 is 33.0. The van der Waals surface area contributed by atoms with Gasteiger partial charge in [-0.3, -0.25) is 4.79 Å². The lowest BCUT2D eigenvalue weighted by molar-refractivity contribution is -0.117. The standard InChI is InChI=1S/C17H21N3O4S/c1-5-17-18-11(2)9-20(17)25(22,23)14-6-7-16-15(8-14)19(13(4)21)10-12(3)24-16/h6-9,12H,5,10H2,1-4H3/t12-/m1/s1. The summed E-state index contributed by atoms with van der Waals surface area (Å²) in [4.78, 5) is 17.8. The van der Waals surface area contributed by atoms with Crippen LogP contribution in [0, 0.1) is 6.92 Å². The molecule has 0 N–H and O–H groups in total. The van der Waals surface area contributed by atoms with E-state index in [4.69, 9.17) is 4.74 Å². The van der Waals surface area contributed by atoms with E-state index in [9.17, 15) is 13.2 Å². The Morgan fingerprint density at radius 2 is 2.12 bits per heavy atom. The average Bonchev–Trinajstić information content (AvgIpc) is 2.95. The second-order valence-corrected chi connectivity index (χ2v) is 7.96. The van der Waals surface area contributed by atoms with Gasteiger partial charge in [0.1, 0.15) is 17.7 Å². The van der Waals surface area contributed by atoms with Gasteiger partial charge in [0, 0.05) is 19.5 Å². The van der Waals surface area contributed by atoms with Gasteiger partial charge in [0.25, 0.3) is 10.0 Å². The summed E-state index contributed by atoms with van der Waals surface area (Å²) in [5.41, 5.74) is 1.11. The molecule has 0 saturated carbocycles. The Kier molecular flexibility index (Phi) is 4.32. The Bertz CT molecular complexity index is 933. The molecule has 134 valence electrons. The molecule has 0 saturated heterocycles. The second kappa shape index (κ2) is 6.18. The van der Waals surface area contributed by atoms with E-state index in [1.165, 1.54) is 29.2 Å². The van der Waals surface area contributed by atoms with E-state index in [2.05, 4.69) is 4.98 Å². The summed E-state index contributed by atoms with van der Waals surface area (Å²) >= 11 is 0. The number of carbonyl (C=O) groups excluding carboxylic acids is 1. The van der Waals surface area contributed by atoms with Gasteiger partial charge in [-0.05, 0) is 32.0 Å². The lowest BCUT2D eigenvalue weighted by atomic mass is 10.2. The Hall–Kier alpha value is -2.35. The molecule has 1 aliphatic rings. The molecule has 1 aromatic heterocycles. The van der Waals surface area contributed by atoms with Crippen LogP contribution in [0.3, 0.4) is 0 Å². The van der Waals surface area contributed by atoms with Crippen molar-refractivity contribution >= 4 is 21.6 Å². The van der Waals surface area contributed by atoms with Crippen LogP contribution in [0.15, 0.2) is 29.3 Å². The molecule has 1 atom stereocenters. The van der Waals surface area contributed by atoms with Crippen LogP contribution in [0.25, 0.3) is 0 Å². The van der Waals surface area contributed by atoms with Crippen molar-refractivity contribution in [2.24, 2.45) is 0 Å². The number of anilines is 1. The third-order valence-electron chi connectivity index (χ3n) is 4.11. The number of benzene rings is 1. The molecule has 2 aromatic rings. The highest BCUT2D eigenvalue weighted by atomic mass is 32.2. The molecule has 8 heteroatoms. The quantitative estimate of drug-likeness (QED) is 0.834. The lowest BCUT2D eigenvalue weighted by Crippen LogP contribution is -2.41. The molecule has 7 nitrogen and oxygen atoms in total. The molecule has 0 radical (unpaired) electrons. The summed E-state index contributed by atoms with van der Waals surface area (Å²) in [5, 5.41) is 0. The Morgan fingerprint density at radius 1 is 1.40 bits per heavy atom. The van der Waals surface area contributed by atoms with E-state index in [0.717, 1.165) is 0 Å². The summed E-state index contributed by atoms with van der Waals surface area (Å²) in [5.74, 6) is 0.826. The number of aromatic nitrogens is 2. The Labute approximate surface area is 147 Å². The topological polar surface area (TPSA) is 81.5 Å². The first-order valence-electron chi connectivity index (χ1n) is 8.13. The number of amides is 1. The van der Waals surface area contributed by atoms with Crippen LogP contribution in [-0.2, 0) is 21.2 Å². The minimum absolute atomic E-state index is 0.0998. The number of imidazole rings is 1. The maximum atomic E-state index is 13.0. The zero-order valence-corrected chi connectivity index (χ0v) is 15.5. The first kappa shape index (κ1) is 17.5. The van der Waals surface area contributed by atoms with Crippen molar-refractivity contribution in [2.75, 3.05) is 11.4 Å². The predicted octanol–water partition coefficient (Wildman–Crippen LogP) is 2.12. The number of rotatable bonds is 3.